The van der Waals surface area contributed by atoms with E-state index < -0.39 is 24.6 Å². The topological polar surface area (TPSA) is 108 Å². The molecule has 0 radical (unpaired) electrons. The van der Waals surface area contributed by atoms with Crippen LogP contribution in [0.5, 0.6) is 0 Å². The molecule has 0 saturated heterocycles. The van der Waals surface area contributed by atoms with E-state index in [1.165, 1.54) is 0 Å². The number of rotatable bonds is 8. The van der Waals surface area contributed by atoms with E-state index in [2.05, 4.69) is 10.6 Å². The van der Waals surface area contributed by atoms with Crippen molar-refractivity contribution in [1.29, 1.82) is 0 Å². The number of carbonyl (C=O) groups excluding carboxylic acids is 1. The summed E-state index contributed by atoms with van der Waals surface area (Å²) in [7, 11) is 1.61. The van der Waals surface area contributed by atoms with E-state index in [0.717, 1.165) is 6.42 Å². The van der Waals surface area contributed by atoms with Crippen molar-refractivity contribution in [3.63, 3.8) is 0 Å². The van der Waals surface area contributed by atoms with Gasteiger partial charge in [-0.2, -0.15) is 0 Å². The molecule has 0 saturated carbocycles. The molecular weight excluding hydrogens is 240 g/mol. The SMILES string of the molecule is COCCC(C)(C)CNC(=O)N[C@@H](CO)C(=O)O. The molecule has 7 nitrogen and oxygen atoms in total. The Morgan fingerprint density at radius 3 is 2.44 bits per heavy atom. The fraction of sp³-hybridized carbons (Fsp3) is 0.818. The van der Waals surface area contributed by atoms with Crippen LogP contribution >= 0.6 is 0 Å². The van der Waals surface area contributed by atoms with Gasteiger partial charge < -0.3 is 25.6 Å². The zero-order chi connectivity index (χ0) is 14.2. The first kappa shape index (κ1) is 16.7. The smallest absolute Gasteiger partial charge is 0.328 e. The van der Waals surface area contributed by atoms with Gasteiger partial charge in [0, 0.05) is 20.3 Å². The van der Waals surface area contributed by atoms with E-state index >= 15 is 0 Å². The fourth-order valence-corrected chi connectivity index (χ4v) is 1.18. The summed E-state index contributed by atoms with van der Waals surface area (Å²) in [5.41, 5.74) is -0.148. The van der Waals surface area contributed by atoms with Gasteiger partial charge in [-0.25, -0.2) is 9.59 Å². The van der Waals surface area contributed by atoms with Crippen LogP contribution in [-0.2, 0) is 9.53 Å². The summed E-state index contributed by atoms with van der Waals surface area (Å²) >= 11 is 0. The first-order valence-corrected chi connectivity index (χ1v) is 5.69. The molecule has 106 valence electrons. The number of aliphatic carboxylic acids is 1. The van der Waals surface area contributed by atoms with Crippen molar-refractivity contribution in [2.24, 2.45) is 5.41 Å². The molecule has 0 unspecified atom stereocenters. The molecule has 7 heteroatoms. The fourth-order valence-electron chi connectivity index (χ4n) is 1.18. The molecule has 0 heterocycles. The van der Waals surface area contributed by atoms with Gasteiger partial charge in [0.15, 0.2) is 6.04 Å². The van der Waals surface area contributed by atoms with Crippen LogP contribution in [0.15, 0.2) is 0 Å². The van der Waals surface area contributed by atoms with Crippen molar-refractivity contribution in [3.8, 4) is 0 Å². The second kappa shape index (κ2) is 7.88. The number of aliphatic hydroxyl groups is 1. The van der Waals surface area contributed by atoms with Crippen molar-refractivity contribution in [2.75, 3.05) is 26.9 Å². The van der Waals surface area contributed by atoms with Crippen LogP contribution in [0.4, 0.5) is 4.79 Å². The number of hydrogen-bond donors (Lipinski definition) is 4. The quantitative estimate of drug-likeness (QED) is 0.484. The molecule has 0 spiro atoms. The lowest BCUT2D eigenvalue weighted by Crippen LogP contribution is -2.49. The Hall–Kier alpha value is -1.34. The lowest BCUT2D eigenvalue weighted by atomic mass is 9.90. The highest BCUT2D eigenvalue weighted by Crippen LogP contribution is 2.18. The first-order valence-electron chi connectivity index (χ1n) is 5.69. The summed E-state index contributed by atoms with van der Waals surface area (Å²) in [6.45, 7) is 4.26. The van der Waals surface area contributed by atoms with Crippen molar-refractivity contribution in [2.45, 2.75) is 26.3 Å². The van der Waals surface area contributed by atoms with Gasteiger partial charge in [-0.05, 0) is 11.8 Å². The number of methoxy groups -OCH3 is 1. The zero-order valence-electron chi connectivity index (χ0n) is 11.0. The number of amides is 2. The molecule has 0 aromatic heterocycles. The molecule has 0 bridgehead atoms. The lowest BCUT2D eigenvalue weighted by molar-refractivity contribution is -0.140. The van der Waals surface area contributed by atoms with Gasteiger partial charge >= 0.3 is 12.0 Å². The van der Waals surface area contributed by atoms with Gasteiger partial charge in [-0.15, -0.1) is 0 Å². The van der Waals surface area contributed by atoms with Gasteiger partial charge in [-0.3, -0.25) is 0 Å². The number of carboxylic acid groups (broad SMARTS) is 1. The molecule has 2 amide bonds. The summed E-state index contributed by atoms with van der Waals surface area (Å²) in [6.07, 6.45) is 0.770. The average molecular weight is 262 g/mol. The molecule has 0 aromatic carbocycles. The van der Waals surface area contributed by atoms with Crippen LogP contribution in [0.1, 0.15) is 20.3 Å². The average Bonchev–Trinajstić information content (AvgIpc) is 2.30. The van der Waals surface area contributed by atoms with Crippen molar-refractivity contribution >= 4 is 12.0 Å². The number of ether oxygens (including phenoxy) is 1. The predicted molar refractivity (Wildman–Crippen MR) is 65.3 cm³/mol. The maximum Gasteiger partial charge on any atom is 0.328 e. The number of nitrogens with one attached hydrogen (secondary N) is 2. The molecule has 0 fully saturated rings. The highest BCUT2D eigenvalue weighted by atomic mass is 16.5. The van der Waals surface area contributed by atoms with Crippen LogP contribution < -0.4 is 10.6 Å². The van der Waals surface area contributed by atoms with Crippen LogP contribution in [0.2, 0.25) is 0 Å². The van der Waals surface area contributed by atoms with E-state index in [0.29, 0.717) is 13.2 Å². The van der Waals surface area contributed by atoms with E-state index in [4.69, 9.17) is 14.9 Å². The van der Waals surface area contributed by atoms with Crippen LogP contribution in [0, 0.1) is 5.41 Å². The normalized spacial score (nSPS) is 12.9. The molecule has 0 aliphatic heterocycles. The Morgan fingerprint density at radius 2 is 2.00 bits per heavy atom. The molecule has 4 N–H and O–H groups in total. The molecule has 1 atom stereocenters. The van der Waals surface area contributed by atoms with E-state index in [1.807, 2.05) is 13.8 Å². The second-order valence-electron chi connectivity index (χ2n) is 4.81. The monoisotopic (exact) mass is 262 g/mol. The van der Waals surface area contributed by atoms with Crippen molar-refractivity contribution in [3.05, 3.63) is 0 Å². The van der Waals surface area contributed by atoms with Crippen LogP contribution in [0.3, 0.4) is 0 Å². The lowest BCUT2D eigenvalue weighted by Gasteiger charge is -2.25. The summed E-state index contributed by atoms with van der Waals surface area (Å²) in [5.74, 6) is -1.27. The van der Waals surface area contributed by atoms with Gasteiger partial charge in [0.25, 0.3) is 0 Å². The number of aliphatic hydroxyl groups excluding tert-OH is 1. The number of carbonyl (C=O) groups is 2. The maximum atomic E-state index is 11.4. The summed E-state index contributed by atoms with van der Waals surface area (Å²) in [4.78, 5) is 22.0. The van der Waals surface area contributed by atoms with Gasteiger partial charge in [-0.1, -0.05) is 13.8 Å². The van der Waals surface area contributed by atoms with E-state index in [9.17, 15) is 9.59 Å². The third-order valence-corrected chi connectivity index (χ3v) is 2.50. The highest BCUT2D eigenvalue weighted by molar-refractivity contribution is 5.82. The zero-order valence-corrected chi connectivity index (χ0v) is 11.0. The van der Waals surface area contributed by atoms with Crippen LogP contribution in [-0.4, -0.2) is 55.1 Å². The Balaban J connectivity index is 4.05. The number of hydrogen-bond acceptors (Lipinski definition) is 4. The summed E-state index contributed by atoms with van der Waals surface area (Å²) < 4.78 is 4.96. The Kier molecular flexibility index (Phi) is 7.30. The minimum absolute atomic E-state index is 0.148. The van der Waals surface area contributed by atoms with Crippen molar-refractivity contribution < 1.29 is 24.5 Å². The molecule has 0 aromatic rings. The summed E-state index contributed by atoms with van der Waals surface area (Å²) in [6, 6.07) is -1.89. The van der Waals surface area contributed by atoms with Crippen LogP contribution in [0.25, 0.3) is 0 Å². The number of urea groups is 1. The van der Waals surface area contributed by atoms with Gasteiger partial charge in [0.05, 0.1) is 6.61 Å². The molecular formula is C11H22N2O5. The highest BCUT2D eigenvalue weighted by Gasteiger charge is 2.21. The molecule has 0 rings (SSSR count). The van der Waals surface area contributed by atoms with E-state index in [1.54, 1.807) is 7.11 Å². The standard InChI is InChI=1S/C11H22N2O5/c1-11(2,4-5-18-3)7-12-10(17)13-8(6-14)9(15)16/h8,14H,4-7H2,1-3H3,(H,15,16)(H2,12,13,17)/t8-/m0/s1. The molecule has 18 heavy (non-hydrogen) atoms. The number of carboxylic acids is 1. The Morgan fingerprint density at radius 1 is 1.39 bits per heavy atom. The minimum atomic E-state index is -1.29. The largest absolute Gasteiger partial charge is 0.480 e. The predicted octanol–water partition coefficient (Wildman–Crippen LogP) is -0.206. The van der Waals surface area contributed by atoms with Gasteiger partial charge in [0.1, 0.15) is 0 Å². The van der Waals surface area contributed by atoms with E-state index in [-0.39, 0.29) is 5.41 Å². The summed E-state index contributed by atoms with van der Waals surface area (Å²) in [5, 5.41) is 22.1. The Labute approximate surface area is 107 Å². The Bertz CT molecular complexity index is 281. The first-order chi connectivity index (χ1) is 8.32. The third-order valence-electron chi connectivity index (χ3n) is 2.50. The van der Waals surface area contributed by atoms with Crippen molar-refractivity contribution in [1.82, 2.24) is 10.6 Å². The third kappa shape index (κ3) is 7.08. The molecule has 0 aliphatic rings. The minimum Gasteiger partial charge on any atom is -0.480 e. The second-order valence-corrected chi connectivity index (χ2v) is 4.81. The molecule has 0 aliphatic carbocycles. The maximum absolute atomic E-state index is 11.4. The van der Waals surface area contributed by atoms with Gasteiger partial charge in [0.2, 0.25) is 0 Å².